The van der Waals surface area contributed by atoms with Crippen molar-refractivity contribution in [1.29, 1.82) is 0 Å². The van der Waals surface area contributed by atoms with Gasteiger partial charge in [0, 0.05) is 28.7 Å². The first kappa shape index (κ1) is 14.8. The van der Waals surface area contributed by atoms with Crippen molar-refractivity contribution in [2.75, 3.05) is 13.1 Å². The predicted octanol–water partition coefficient (Wildman–Crippen LogP) is 2.73. The summed E-state index contributed by atoms with van der Waals surface area (Å²) in [6.07, 6.45) is 0. The first-order valence-corrected chi connectivity index (χ1v) is 7.94. The van der Waals surface area contributed by atoms with E-state index in [1.165, 1.54) is 5.56 Å². The van der Waals surface area contributed by atoms with Gasteiger partial charge >= 0.3 is 0 Å². The zero-order valence-electron chi connectivity index (χ0n) is 12.0. The van der Waals surface area contributed by atoms with Crippen molar-refractivity contribution in [2.24, 2.45) is 4.99 Å². The van der Waals surface area contributed by atoms with Gasteiger partial charge in [0.05, 0.1) is 6.54 Å². The van der Waals surface area contributed by atoms with Crippen molar-refractivity contribution in [3.8, 4) is 0 Å². The summed E-state index contributed by atoms with van der Waals surface area (Å²) in [5.74, 6) is 0.837. The monoisotopic (exact) mass is 357 g/mol. The Kier molecular flexibility index (Phi) is 4.53. The van der Waals surface area contributed by atoms with Crippen LogP contribution in [0, 0.1) is 0 Å². The molecule has 1 amide bonds. The van der Waals surface area contributed by atoms with Gasteiger partial charge in [0.2, 0.25) is 0 Å². The van der Waals surface area contributed by atoms with E-state index in [4.69, 9.17) is 0 Å². The molecule has 0 atom stereocenters. The molecular weight excluding hydrogens is 342 g/mol. The van der Waals surface area contributed by atoms with Crippen molar-refractivity contribution in [3.63, 3.8) is 0 Å². The number of nitrogens with zero attached hydrogens (tertiary/aromatic N) is 1. The summed E-state index contributed by atoms with van der Waals surface area (Å²) in [6, 6.07) is 15.5. The molecule has 22 heavy (non-hydrogen) atoms. The fourth-order valence-electron chi connectivity index (χ4n) is 2.38. The van der Waals surface area contributed by atoms with Crippen LogP contribution in [0.2, 0.25) is 0 Å². The highest BCUT2D eigenvalue weighted by Gasteiger charge is 2.14. The molecule has 1 heterocycles. The van der Waals surface area contributed by atoms with Gasteiger partial charge in [-0.15, -0.1) is 0 Å². The Labute approximate surface area is 137 Å². The fourth-order valence-corrected chi connectivity index (χ4v) is 2.78. The summed E-state index contributed by atoms with van der Waals surface area (Å²) in [7, 11) is 0. The van der Waals surface area contributed by atoms with Crippen LogP contribution in [0.4, 0.5) is 0 Å². The van der Waals surface area contributed by atoms with Crippen molar-refractivity contribution < 1.29 is 4.79 Å². The molecule has 3 rings (SSSR count). The molecule has 1 aliphatic heterocycles. The molecule has 0 aromatic heterocycles. The van der Waals surface area contributed by atoms with E-state index in [0.717, 1.165) is 22.4 Å². The number of aliphatic imine (C=N–C) groups is 1. The molecule has 0 bridgehead atoms. The van der Waals surface area contributed by atoms with Crippen molar-refractivity contribution in [3.05, 3.63) is 69.7 Å². The van der Waals surface area contributed by atoms with Gasteiger partial charge in [0.15, 0.2) is 0 Å². The number of carbonyl (C=O) groups is 1. The quantitative estimate of drug-likeness (QED) is 0.826. The van der Waals surface area contributed by atoms with Crippen LogP contribution in [-0.2, 0) is 6.54 Å². The lowest BCUT2D eigenvalue weighted by Gasteiger charge is -2.09. The Bertz CT molecular complexity index is 727. The van der Waals surface area contributed by atoms with Gasteiger partial charge < -0.3 is 10.6 Å². The van der Waals surface area contributed by atoms with Gasteiger partial charge in [-0.3, -0.25) is 9.79 Å². The van der Waals surface area contributed by atoms with Crippen LogP contribution in [0.5, 0.6) is 0 Å². The van der Waals surface area contributed by atoms with E-state index in [1.807, 2.05) is 24.3 Å². The molecule has 0 fully saturated rings. The van der Waals surface area contributed by atoms with E-state index in [1.54, 1.807) is 12.1 Å². The number of hydrogen-bond acceptors (Lipinski definition) is 3. The number of hydrogen-bond donors (Lipinski definition) is 2. The van der Waals surface area contributed by atoms with E-state index >= 15 is 0 Å². The molecule has 4 nitrogen and oxygen atoms in total. The predicted molar refractivity (Wildman–Crippen MR) is 91.2 cm³/mol. The fraction of sp³-hybridized carbons (Fsp3) is 0.176. The Balaban J connectivity index is 1.48. The SMILES string of the molecule is O=C(NCCNC1=NCc2ccccc21)c1cccc(Br)c1. The Hall–Kier alpha value is -2.14. The topological polar surface area (TPSA) is 53.5 Å². The van der Waals surface area contributed by atoms with Crippen LogP contribution in [0.15, 0.2) is 58.0 Å². The molecule has 5 heteroatoms. The highest BCUT2D eigenvalue weighted by molar-refractivity contribution is 9.10. The van der Waals surface area contributed by atoms with Gasteiger partial charge in [0.1, 0.15) is 5.84 Å². The Morgan fingerprint density at radius 3 is 2.86 bits per heavy atom. The van der Waals surface area contributed by atoms with Crippen molar-refractivity contribution in [1.82, 2.24) is 10.6 Å². The van der Waals surface area contributed by atoms with Crippen LogP contribution < -0.4 is 10.6 Å². The molecule has 0 radical (unpaired) electrons. The second kappa shape index (κ2) is 6.75. The number of nitrogens with one attached hydrogen (secondary N) is 2. The van der Waals surface area contributed by atoms with Gasteiger partial charge in [-0.2, -0.15) is 0 Å². The number of carbonyl (C=O) groups excluding carboxylic acids is 1. The average molecular weight is 358 g/mol. The van der Waals surface area contributed by atoms with E-state index in [9.17, 15) is 4.79 Å². The molecule has 1 aliphatic rings. The smallest absolute Gasteiger partial charge is 0.251 e. The maximum atomic E-state index is 12.0. The van der Waals surface area contributed by atoms with Crippen LogP contribution in [0.25, 0.3) is 0 Å². The summed E-state index contributed by atoms with van der Waals surface area (Å²) >= 11 is 3.36. The van der Waals surface area contributed by atoms with E-state index in [0.29, 0.717) is 18.7 Å². The van der Waals surface area contributed by atoms with Crippen LogP contribution >= 0.6 is 15.9 Å². The number of amides is 1. The molecule has 2 aromatic rings. The first-order valence-electron chi connectivity index (χ1n) is 7.14. The number of fused-ring (bicyclic) bond motifs is 1. The molecule has 112 valence electrons. The number of amidine groups is 1. The Morgan fingerprint density at radius 2 is 2.00 bits per heavy atom. The third kappa shape index (κ3) is 3.36. The van der Waals surface area contributed by atoms with Crippen molar-refractivity contribution >= 4 is 27.7 Å². The lowest BCUT2D eigenvalue weighted by molar-refractivity contribution is 0.0954. The lowest BCUT2D eigenvalue weighted by Crippen LogP contribution is -2.34. The van der Waals surface area contributed by atoms with E-state index in [2.05, 4.69) is 43.7 Å². The molecule has 0 unspecified atom stereocenters. The van der Waals surface area contributed by atoms with Crippen molar-refractivity contribution in [2.45, 2.75) is 6.54 Å². The maximum absolute atomic E-state index is 12.0. The number of benzene rings is 2. The Morgan fingerprint density at radius 1 is 1.14 bits per heavy atom. The van der Waals surface area contributed by atoms with Gasteiger partial charge in [0.25, 0.3) is 5.91 Å². The molecule has 2 aromatic carbocycles. The van der Waals surface area contributed by atoms with Crippen LogP contribution in [-0.4, -0.2) is 24.8 Å². The largest absolute Gasteiger partial charge is 0.368 e. The standard InChI is InChI=1S/C17H16BrN3O/c18-14-6-3-5-12(10-14)17(22)20-9-8-19-16-15-7-2-1-4-13(15)11-21-16/h1-7,10H,8-9,11H2,(H,19,21)(H,20,22). The van der Waals surface area contributed by atoms with Crippen LogP contribution in [0.1, 0.15) is 21.5 Å². The summed E-state index contributed by atoms with van der Waals surface area (Å²) in [5.41, 5.74) is 3.04. The van der Waals surface area contributed by atoms with E-state index in [-0.39, 0.29) is 5.91 Å². The van der Waals surface area contributed by atoms with Gasteiger partial charge in [-0.1, -0.05) is 46.3 Å². The molecule has 2 N–H and O–H groups in total. The second-order valence-electron chi connectivity index (χ2n) is 5.02. The minimum Gasteiger partial charge on any atom is -0.368 e. The number of halogens is 1. The molecular formula is C17H16BrN3O. The minimum atomic E-state index is -0.0724. The zero-order chi connectivity index (χ0) is 15.4. The third-order valence-corrected chi connectivity index (χ3v) is 3.96. The van der Waals surface area contributed by atoms with Gasteiger partial charge in [-0.25, -0.2) is 0 Å². The normalized spacial score (nSPS) is 12.5. The molecule has 0 aliphatic carbocycles. The number of rotatable bonds is 4. The molecule has 0 saturated heterocycles. The summed E-state index contributed by atoms with van der Waals surface area (Å²) in [4.78, 5) is 16.5. The van der Waals surface area contributed by atoms with Gasteiger partial charge in [-0.05, 0) is 23.8 Å². The van der Waals surface area contributed by atoms with Crippen LogP contribution in [0.3, 0.4) is 0 Å². The summed E-state index contributed by atoms with van der Waals surface area (Å²) in [5, 5.41) is 6.18. The summed E-state index contributed by atoms with van der Waals surface area (Å²) in [6.45, 7) is 1.92. The average Bonchev–Trinajstić information content (AvgIpc) is 2.95. The first-order chi connectivity index (χ1) is 10.7. The summed E-state index contributed by atoms with van der Waals surface area (Å²) < 4.78 is 0.898. The second-order valence-corrected chi connectivity index (χ2v) is 5.93. The highest BCUT2D eigenvalue weighted by Crippen LogP contribution is 2.16. The maximum Gasteiger partial charge on any atom is 0.251 e. The minimum absolute atomic E-state index is 0.0724. The van der Waals surface area contributed by atoms with E-state index < -0.39 is 0 Å². The zero-order valence-corrected chi connectivity index (χ0v) is 13.6. The molecule has 0 saturated carbocycles. The molecule has 0 spiro atoms. The third-order valence-electron chi connectivity index (χ3n) is 3.47. The lowest BCUT2D eigenvalue weighted by atomic mass is 10.1. The highest BCUT2D eigenvalue weighted by atomic mass is 79.9.